The van der Waals surface area contributed by atoms with Crippen molar-refractivity contribution in [2.24, 2.45) is 0 Å². The molecule has 1 fully saturated rings. The predicted octanol–water partition coefficient (Wildman–Crippen LogP) is 2.60. The normalized spacial score (nSPS) is 15.8. The molecular formula is C22H29N3O. The van der Waals surface area contributed by atoms with Gasteiger partial charge in [-0.15, -0.1) is 0 Å². The number of benzene rings is 2. The van der Waals surface area contributed by atoms with Crippen LogP contribution in [0.4, 0.5) is 0 Å². The number of aryl methyl sites for hydroxylation is 1. The van der Waals surface area contributed by atoms with Gasteiger partial charge in [0.25, 0.3) is 0 Å². The van der Waals surface area contributed by atoms with Crippen molar-refractivity contribution >= 4 is 5.91 Å². The first-order valence-corrected chi connectivity index (χ1v) is 9.40. The number of hydrogen-bond acceptors (Lipinski definition) is 3. The zero-order chi connectivity index (χ0) is 18.4. The van der Waals surface area contributed by atoms with E-state index in [1.807, 2.05) is 24.3 Å². The van der Waals surface area contributed by atoms with E-state index >= 15 is 0 Å². The van der Waals surface area contributed by atoms with Crippen LogP contribution in [-0.4, -0.2) is 48.9 Å². The first kappa shape index (κ1) is 18.6. The second-order valence-electron chi connectivity index (χ2n) is 7.29. The molecule has 3 rings (SSSR count). The number of likely N-dealkylation sites (N-methyl/N-ethyl adjacent to an activating group) is 1. The summed E-state index contributed by atoms with van der Waals surface area (Å²) in [4.78, 5) is 17.1. The van der Waals surface area contributed by atoms with E-state index in [2.05, 4.69) is 53.4 Å². The first-order chi connectivity index (χ1) is 12.6. The first-order valence-electron chi connectivity index (χ1n) is 9.40. The Morgan fingerprint density at radius 2 is 1.62 bits per heavy atom. The summed E-state index contributed by atoms with van der Waals surface area (Å²) in [5.41, 5.74) is 4.79. The molecule has 1 amide bonds. The van der Waals surface area contributed by atoms with Gasteiger partial charge in [0.15, 0.2) is 0 Å². The van der Waals surface area contributed by atoms with Crippen molar-refractivity contribution in [2.45, 2.75) is 26.4 Å². The third-order valence-corrected chi connectivity index (χ3v) is 5.07. The minimum Gasteiger partial charge on any atom is -0.352 e. The van der Waals surface area contributed by atoms with Crippen LogP contribution in [0.3, 0.4) is 0 Å². The van der Waals surface area contributed by atoms with Gasteiger partial charge < -0.3 is 10.2 Å². The highest BCUT2D eigenvalue weighted by molar-refractivity contribution is 5.78. The highest BCUT2D eigenvalue weighted by atomic mass is 16.1. The third kappa shape index (κ3) is 5.41. The summed E-state index contributed by atoms with van der Waals surface area (Å²) in [6.07, 6.45) is 0.431. The number of nitrogens with zero attached hydrogens (tertiary/aromatic N) is 2. The molecule has 1 heterocycles. The maximum absolute atomic E-state index is 12.3. The summed E-state index contributed by atoms with van der Waals surface area (Å²) in [5, 5.41) is 3.08. The van der Waals surface area contributed by atoms with Crippen LogP contribution in [0.2, 0.25) is 0 Å². The topological polar surface area (TPSA) is 35.6 Å². The van der Waals surface area contributed by atoms with Crippen molar-refractivity contribution < 1.29 is 4.79 Å². The molecule has 0 radical (unpaired) electrons. The Hall–Kier alpha value is -2.17. The van der Waals surface area contributed by atoms with Crippen LogP contribution in [0.25, 0.3) is 0 Å². The van der Waals surface area contributed by atoms with Gasteiger partial charge in [-0.05, 0) is 30.7 Å². The third-order valence-electron chi connectivity index (χ3n) is 5.07. The molecule has 1 saturated heterocycles. The van der Waals surface area contributed by atoms with E-state index in [0.29, 0.717) is 13.0 Å². The van der Waals surface area contributed by atoms with Gasteiger partial charge in [-0.2, -0.15) is 0 Å². The lowest BCUT2D eigenvalue weighted by atomic mass is 10.1. The SMILES string of the molecule is Cc1ccc(CC(=O)NCc2ccccc2CN2CCN(C)CC2)cc1. The number of piperazine rings is 1. The molecule has 1 aliphatic heterocycles. The highest BCUT2D eigenvalue weighted by Gasteiger charge is 2.15. The molecule has 0 atom stereocenters. The number of carbonyl (C=O) groups excluding carboxylic acids is 1. The summed E-state index contributed by atoms with van der Waals surface area (Å²) < 4.78 is 0. The lowest BCUT2D eigenvalue weighted by molar-refractivity contribution is -0.120. The Labute approximate surface area is 156 Å². The molecule has 4 heteroatoms. The maximum atomic E-state index is 12.3. The molecule has 138 valence electrons. The Morgan fingerprint density at radius 3 is 2.31 bits per heavy atom. The Balaban J connectivity index is 1.54. The van der Waals surface area contributed by atoms with Crippen LogP contribution < -0.4 is 5.32 Å². The molecule has 4 nitrogen and oxygen atoms in total. The number of amides is 1. The van der Waals surface area contributed by atoms with Crippen LogP contribution in [0.5, 0.6) is 0 Å². The summed E-state index contributed by atoms with van der Waals surface area (Å²) in [6, 6.07) is 16.6. The Kier molecular flexibility index (Phi) is 6.42. The lowest BCUT2D eigenvalue weighted by Gasteiger charge is -2.32. The van der Waals surface area contributed by atoms with Crippen LogP contribution in [-0.2, 0) is 24.3 Å². The average Bonchev–Trinajstić information content (AvgIpc) is 2.65. The monoisotopic (exact) mass is 351 g/mol. The summed E-state index contributed by atoms with van der Waals surface area (Å²) in [5.74, 6) is 0.0725. The van der Waals surface area contributed by atoms with Crippen molar-refractivity contribution in [2.75, 3.05) is 33.2 Å². The van der Waals surface area contributed by atoms with Crippen LogP contribution in [0.1, 0.15) is 22.3 Å². The van der Waals surface area contributed by atoms with Crippen molar-refractivity contribution in [3.63, 3.8) is 0 Å². The van der Waals surface area contributed by atoms with Gasteiger partial charge in [-0.25, -0.2) is 0 Å². The van der Waals surface area contributed by atoms with Crippen LogP contribution in [0, 0.1) is 6.92 Å². The molecule has 0 aromatic heterocycles. The fourth-order valence-electron chi connectivity index (χ4n) is 3.28. The van der Waals surface area contributed by atoms with Crippen molar-refractivity contribution in [1.82, 2.24) is 15.1 Å². The molecule has 0 aliphatic carbocycles. The fraction of sp³-hybridized carbons (Fsp3) is 0.409. The highest BCUT2D eigenvalue weighted by Crippen LogP contribution is 2.13. The van der Waals surface area contributed by atoms with E-state index in [9.17, 15) is 4.79 Å². The molecule has 26 heavy (non-hydrogen) atoms. The molecule has 2 aromatic rings. The Morgan fingerprint density at radius 1 is 0.962 bits per heavy atom. The Bertz CT molecular complexity index is 718. The average molecular weight is 351 g/mol. The fourth-order valence-corrected chi connectivity index (χ4v) is 3.28. The molecular weight excluding hydrogens is 322 g/mol. The zero-order valence-electron chi connectivity index (χ0n) is 15.9. The second kappa shape index (κ2) is 8.97. The molecule has 1 aliphatic rings. The summed E-state index contributed by atoms with van der Waals surface area (Å²) >= 11 is 0. The molecule has 0 spiro atoms. The number of nitrogens with one attached hydrogen (secondary N) is 1. The molecule has 2 aromatic carbocycles. The molecule has 1 N–H and O–H groups in total. The zero-order valence-corrected chi connectivity index (χ0v) is 15.9. The molecule has 0 bridgehead atoms. The van der Waals surface area contributed by atoms with E-state index < -0.39 is 0 Å². The minimum atomic E-state index is 0.0725. The van der Waals surface area contributed by atoms with E-state index in [1.54, 1.807) is 0 Å². The number of hydrogen-bond donors (Lipinski definition) is 1. The number of carbonyl (C=O) groups is 1. The van der Waals surface area contributed by atoms with Crippen molar-refractivity contribution in [3.8, 4) is 0 Å². The van der Waals surface area contributed by atoms with Gasteiger partial charge in [-0.3, -0.25) is 9.69 Å². The van der Waals surface area contributed by atoms with Crippen LogP contribution >= 0.6 is 0 Å². The maximum Gasteiger partial charge on any atom is 0.224 e. The standard InChI is InChI=1S/C22H29N3O/c1-18-7-9-19(10-8-18)15-22(26)23-16-20-5-3-4-6-21(20)17-25-13-11-24(2)12-14-25/h3-10H,11-17H2,1-2H3,(H,23,26). The van der Waals surface area contributed by atoms with Gasteiger partial charge in [0, 0.05) is 39.3 Å². The van der Waals surface area contributed by atoms with E-state index in [1.165, 1.54) is 16.7 Å². The van der Waals surface area contributed by atoms with Gasteiger partial charge >= 0.3 is 0 Å². The lowest BCUT2D eigenvalue weighted by Crippen LogP contribution is -2.44. The quantitative estimate of drug-likeness (QED) is 0.869. The number of rotatable bonds is 6. The largest absolute Gasteiger partial charge is 0.352 e. The smallest absolute Gasteiger partial charge is 0.224 e. The van der Waals surface area contributed by atoms with Gasteiger partial charge in [-0.1, -0.05) is 54.1 Å². The van der Waals surface area contributed by atoms with Gasteiger partial charge in [0.2, 0.25) is 5.91 Å². The van der Waals surface area contributed by atoms with Gasteiger partial charge in [0.1, 0.15) is 0 Å². The van der Waals surface area contributed by atoms with E-state index in [-0.39, 0.29) is 5.91 Å². The second-order valence-corrected chi connectivity index (χ2v) is 7.29. The molecule has 0 unspecified atom stereocenters. The minimum absolute atomic E-state index is 0.0725. The van der Waals surface area contributed by atoms with E-state index in [4.69, 9.17) is 0 Å². The summed E-state index contributed by atoms with van der Waals surface area (Å²) in [6.45, 7) is 8.05. The van der Waals surface area contributed by atoms with Crippen molar-refractivity contribution in [3.05, 3.63) is 70.8 Å². The van der Waals surface area contributed by atoms with E-state index in [0.717, 1.165) is 38.3 Å². The van der Waals surface area contributed by atoms with Gasteiger partial charge in [0.05, 0.1) is 6.42 Å². The van der Waals surface area contributed by atoms with Crippen LogP contribution in [0.15, 0.2) is 48.5 Å². The molecule has 0 saturated carbocycles. The summed E-state index contributed by atoms with van der Waals surface area (Å²) in [7, 11) is 2.18. The van der Waals surface area contributed by atoms with Crippen molar-refractivity contribution in [1.29, 1.82) is 0 Å². The predicted molar refractivity (Wildman–Crippen MR) is 106 cm³/mol.